The van der Waals surface area contributed by atoms with Gasteiger partial charge in [0.2, 0.25) is 0 Å². The Balaban J connectivity index is 0.0000000922. The first-order valence-electron chi connectivity index (χ1n) is 3.01. The topological polar surface area (TPSA) is 37.9 Å². The quantitative estimate of drug-likeness (QED) is 0.558. The molecular weight excluding hydrogens is 116 g/mol. The van der Waals surface area contributed by atoms with Gasteiger partial charge in [0.15, 0.2) is 0 Å². The van der Waals surface area contributed by atoms with Crippen LogP contribution >= 0.6 is 0 Å². The van der Waals surface area contributed by atoms with Crippen LogP contribution in [0.4, 0.5) is 0 Å². The number of nitrogens with zero attached hydrogens (tertiary/aromatic N) is 1. The van der Waals surface area contributed by atoms with E-state index in [0.29, 0.717) is 0 Å². The number of H-pyrrole nitrogens is 1. The van der Waals surface area contributed by atoms with Crippen LogP contribution < -0.4 is 0 Å². The van der Waals surface area contributed by atoms with Crippen molar-refractivity contribution in [2.75, 3.05) is 13.2 Å². The van der Waals surface area contributed by atoms with Gasteiger partial charge >= 0.3 is 0 Å². The molecule has 2 rings (SSSR count). The fourth-order valence-electron chi connectivity index (χ4n) is 0.360. The Morgan fingerprint density at radius 3 is 2.22 bits per heavy atom. The highest BCUT2D eigenvalue weighted by Gasteiger charge is 1.94. The standard InChI is InChI=1S/C3H4N2.C3H6O/c1-2-4-5-3-1;1-2-4-3-1/h1-3H,(H,4,5);1-3H2. The number of aromatic amines is 1. The Hall–Kier alpha value is -0.830. The molecule has 50 valence electrons. The molecule has 3 nitrogen and oxygen atoms in total. The molecule has 1 aliphatic heterocycles. The molecule has 0 atom stereocenters. The molecule has 0 spiro atoms. The smallest absolute Gasteiger partial charge is 0.0488 e. The van der Waals surface area contributed by atoms with E-state index in [9.17, 15) is 0 Å². The summed E-state index contributed by atoms with van der Waals surface area (Å²) in [5.41, 5.74) is 0. The average molecular weight is 126 g/mol. The molecule has 1 fully saturated rings. The fourth-order valence-corrected chi connectivity index (χ4v) is 0.360. The van der Waals surface area contributed by atoms with Crippen molar-refractivity contribution in [1.82, 2.24) is 10.2 Å². The van der Waals surface area contributed by atoms with Crippen LogP contribution in [0.3, 0.4) is 0 Å². The molecule has 1 saturated heterocycles. The summed E-state index contributed by atoms with van der Waals surface area (Å²) in [7, 11) is 0. The zero-order valence-electron chi connectivity index (χ0n) is 5.21. The number of rotatable bonds is 0. The highest BCUT2D eigenvalue weighted by molar-refractivity contribution is 4.72. The predicted molar refractivity (Wildman–Crippen MR) is 34.0 cm³/mol. The molecule has 0 aliphatic carbocycles. The van der Waals surface area contributed by atoms with Crippen molar-refractivity contribution in [3.63, 3.8) is 0 Å². The molecule has 0 aromatic carbocycles. The highest BCUT2D eigenvalue weighted by Crippen LogP contribution is 1.93. The van der Waals surface area contributed by atoms with Gasteiger partial charge in [-0.25, -0.2) is 0 Å². The normalized spacial score (nSPS) is 15.1. The third-order valence-corrected chi connectivity index (χ3v) is 0.983. The summed E-state index contributed by atoms with van der Waals surface area (Å²) in [6, 6.07) is 1.83. The monoisotopic (exact) mass is 126 g/mol. The van der Waals surface area contributed by atoms with Gasteiger partial charge in [0, 0.05) is 25.6 Å². The summed E-state index contributed by atoms with van der Waals surface area (Å²) >= 11 is 0. The molecule has 0 amide bonds. The largest absolute Gasteiger partial charge is 0.381 e. The van der Waals surface area contributed by atoms with Gasteiger partial charge in [-0.2, -0.15) is 5.10 Å². The lowest BCUT2D eigenvalue weighted by Crippen LogP contribution is -2.09. The molecule has 1 aromatic rings. The summed E-state index contributed by atoms with van der Waals surface area (Å²) < 4.78 is 4.72. The first-order valence-corrected chi connectivity index (χ1v) is 3.01. The molecule has 2 heterocycles. The van der Waals surface area contributed by atoms with Crippen LogP contribution in [-0.2, 0) is 4.74 Å². The summed E-state index contributed by atoms with van der Waals surface area (Å²) in [5.74, 6) is 0. The highest BCUT2D eigenvalue weighted by atomic mass is 16.5. The Kier molecular flexibility index (Phi) is 2.86. The van der Waals surface area contributed by atoms with Crippen molar-refractivity contribution in [2.45, 2.75) is 6.42 Å². The van der Waals surface area contributed by atoms with Crippen molar-refractivity contribution in [1.29, 1.82) is 0 Å². The van der Waals surface area contributed by atoms with E-state index in [4.69, 9.17) is 4.74 Å². The molecule has 3 heteroatoms. The Bertz CT molecular complexity index is 102. The van der Waals surface area contributed by atoms with E-state index in [2.05, 4.69) is 10.2 Å². The van der Waals surface area contributed by atoms with Crippen LogP contribution in [0.5, 0.6) is 0 Å². The minimum atomic E-state index is 1.00. The fraction of sp³-hybridized carbons (Fsp3) is 0.500. The lowest BCUT2D eigenvalue weighted by molar-refractivity contribution is 0.0367. The second-order valence-corrected chi connectivity index (χ2v) is 1.73. The van der Waals surface area contributed by atoms with E-state index in [1.54, 1.807) is 12.4 Å². The van der Waals surface area contributed by atoms with Crippen LogP contribution in [-0.4, -0.2) is 23.4 Å². The van der Waals surface area contributed by atoms with Gasteiger partial charge in [0.05, 0.1) is 0 Å². The van der Waals surface area contributed by atoms with Crippen LogP contribution in [0.25, 0.3) is 0 Å². The van der Waals surface area contributed by atoms with Crippen molar-refractivity contribution >= 4 is 0 Å². The van der Waals surface area contributed by atoms with Crippen molar-refractivity contribution in [2.24, 2.45) is 0 Å². The lowest BCUT2D eigenvalue weighted by Gasteiger charge is -2.09. The summed E-state index contributed by atoms with van der Waals surface area (Å²) in [4.78, 5) is 0. The third-order valence-electron chi connectivity index (χ3n) is 0.983. The summed E-state index contributed by atoms with van der Waals surface area (Å²) in [6.45, 7) is 2.00. The van der Waals surface area contributed by atoms with Crippen molar-refractivity contribution in [3.05, 3.63) is 18.5 Å². The van der Waals surface area contributed by atoms with Crippen LogP contribution in [0.15, 0.2) is 18.5 Å². The van der Waals surface area contributed by atoms with Crippen molar-refractivity contribution in [3.8, 4) is 0 Å². The Morgan fingerprint density at radius 2 is 2.11 bits per heavy atom. The van der Waals surface area contributed by atoms with Gasteiger partial charge in [-0.15, -0.1) is 0 Å². The first-order chi connectivity index (χ1) is 4.50. The van der Waals surface area contributed by atoms with Crippen molar-refractivity contribution < 1.29 is 4.74 Å². The van der Waals surface area contributed by atoms with E-state index < -0.39 is 0 Å². The maximum Gasteiger partial charge on any atom is 0.0488 e. The van der Waals surface area contributed by atoms with Gasteiger partial charge < -0.3 is 4.74 Å². The molecule has 1 aliphatic rings. The number of hydrogen-bond donors (Lipinski definition) is 1. The first kappa shape index (κ1) is 6.29. The van der Waals surface area contributed by atoms with Gasteiger partial charge in [-0.3, -0.25) is 5.10 Å². The maximum absolute atomic E-state index is 4.72. The Morgan fingerprint density at radius 1 is 1.44 bits per heavy atom. The predicted octanol–water partition coefficient (Wildman–Crippen LogP) is 0.816. The van der Waals surface area contributed by atoms with E-state index in [1.165, 1.54) is 6.42 Å². The van der Waals surface area contributed by atoms with E-state index in [1.807, 2.05) is 6.07 Å². The molecule has 0 saturated carbocycles. The van der Waals surface area contributed by atoms with Gasteiger partial charge in [0.25, 0.3) is 0 Å². The van der Waals surface area contributed by atoms with E-state index in [0.717, 1.165) is 13.2 Å². The number of ether oxygens (including phenoxy) is 1. The van der Waals surface area contributed by atoms with E-state index >= 15 is 0 Å². The third kappa shape index (κ3) is 2.87. The SMILES string of the molecule is C1COC1.c1cn[nH]c1. The average Bonchev–Trinajstić information content (AvgIpc) is 2.07. The molecule has 9 heavy (non-hydrogen) atoms. The van der Waals surface area contributed by atoms with Gasteiger partial charge in [-0.1, -0.05) is 0 Å². The minimum Gasteiger partial charge on any atom is -0.381 e. The zero-order valence-corrected chi connectivity index (χ0v) is 5.21. The molecule has 0 bridgehead atoms. The second kappa shape index (κ2) is 4.09. The van der Waals surface area contributed by atoms with Crippen LogP contribution in [0, 0.1) is 0 Å². The van der Waals surface area contributed by atoms with Gasteiger partial charge in [-0.05, 0) is 12.5 Å². The summed E-state index contributed by atoms with van der Waals surface area (Å²) in [6.07, 6.45) is 4.74. The maximum atomic E-state index is 4.72. The molecule has 1 N–H and O–H groups in total. The molecule has 0 radical (unpaired) electrons. The number of aromatic nitrogens is 2. The Labute approximate surface area is 54.0 Å². The van der Waals surface area contributed by atoms with E-state index in [-0.39, 0.29) is 0 Å². The molecule has 0 unspecified atom stereocenters. The minimum absolute atomic E-state index is 1.00. The van der Waals surface area contributed by atoms with Crippen LogP contribution in [0.1, 0.15) is 6.42 Å². The number of nitrogens with one attached hydrogen (secondary N) is 1. The lowest BCUT2D eigenvalue weighted by atomic mass is 10.4. The second-order valence-electron chi connectivity index (χ2n) is 1.73. The van der Waals surface area contributed by atoms with Crippen LogP contribution in [0.2, 0.25) is 0 Å². The number of hydrogen-bond acceptors (Lipinski definition) is 2. The zero-order chi connectivity index (χ0) is 6.36. The van der Waals surface area contributed by atoms with Gasteiger partial charge in [0.1, 0.15) is 0 Å². The molecule has 1 aromatic heterocycles. The molecular formula is C6H10N2O. The summed E-state index contributed by atoms with van der Waals surface area (Å²) in [5, 5.41) is 6.21.